The van der Waals surface area contributed by atoms with Gasteiger partial charge >= 0.3 is 30.1 Å². The number of rotatable bonds is 5. The van der Waals surface area contributed by atoms with Crippen LogP contribution in [0.5, 0.6) is 0 Å². The molecular weight excluding hydrogens is 387 g/mol. The Bertz CT molecular complexity index is 569. The lowest BCUT2D eigenvalue weighted by atomic mass is 10.00. The quantitative estimate of drug-likeness (QED) is 0.551. The van der Waals surface area contributed by atoms with E-state index in [4.69, 9.17) is 0 Å². The minimum absolute atomic E-state index is 0.0386. The predicted octanol–water partition coefficient (Wildman–Crippen LogP) is 4.21. The fourth-order valence-electron chi connectivity index (χ4n) is 2.03. The fourth-order valence-corrected chi connectivity index (χ4v) is 2.03. The summed E-state index contributed by atoms with van der Waals surface area (Å²) >= 11 is 0. The van der Waals surface area contributed by atoms with Gasteiger partial charge in [0, 0.05) is 6.42 Å². The van der Waals surface area contributed by atoms with Crippen LogP contribution in [-0.4, -0.2) is 43.3 Å². The molecule has 1 rings (SSSR count). The predicted molar refractivity (Wildman–Crippen MR) is 67.9 cm³/mol. The minimum atomic E-state index is -6.94. The molecule has 148 valence electrons. The van der Waals surface area contributed by atoms with Crippen molar-refractivity contribution in [2.45, 2.75) is 36.7 Å². The van der Waals surface area contributed by atoms with E-state index >= 15 is 0 Å². The average molecular weight is 398 g/mol. The van der Waals surface area contributed by atoms with Gasteiger partial charge in [-0.15, -0.1) is 0 Å². The second-order valence-corrected chi connectivity index (χ2v) is 4.99. The summed E-state index contributed by atoms with van der Waals surface area (Å²) < 4.78 is 124. The van der Waals surface area contributed by atoms with Crippen molar-refractivity contribution in [2.75, 3.05) is 7.11 Å². The number of hydrogen-bond acceptors (Lipinski definition) is 3. The van der Waals surface area contributed by atoms with Gasteiger partial charge in [0.1, 0.15) is 0 Å². The lowest BCUT2D eigenvalue weighted by Crippen LogP contribution is -2.69. The molecule has 1 aromatic rings. The van der Waals surface area contributed by atoms with Crippen molar-refractivity contribution >= 4 is 5.97 Å². The number of ether oxygens (including phenoxy) is 2. The summed E-state index contributed by atoms with van der Waals surface area (Å²) in [7, 11) is 0.583. The van der Waals surface area contributed by atoms with Gasteiger partial charge in [-0.1, -0.05) is 30.3 Å². The number of hydrogen-bond donors (Lipinski definition) is 0. The number of carbonyl (C=O) groups is 1. The number of benzene rings is 1. The van der Waals surface area contributed by atoms with Gasteiger partial charge in [-0.25, -0.2) is 4.79 Å². The number of methoxy groups -OCH3 is 1. The van der Waals surface area contributed by atoms with Crippen molar-refractivity contribution in [3.63, 3.8) is 0 Å². The Morgan fingerprint density at radius 1 is 0.885 bits per heavy atom. The second-order valence-electron chi connectivity index (χ2n) is 4.99. The third-order valence-corrected chi connectivity index (χ3v) is 3.24. The number of alkyl halides is 9. The van der Waals surface area contributed by atoms with Crippen LogP contribution >= 0.6 is 0 Å². The van der Waals surface area contributed by atoms with E-state index in [1.165, 1.54) is 30.3 Å². The first kappa shape index (κ1) is 22.1. The molecule has 0 unspecified atom stereocenters. The largest absolute Gasteiger partial charge is 0.467 e. The molecule has 1 aromatic carbocycles. The molecule has 0 aliphatic carbocycles. The van der Waals surface area contributed by atoms with Crippen LogP contribution in [0.3, 0.4) is 0 Å². The molecule has 0 fully saturated rings. The Hall–Kier alpha value is -1.98. The van der Waals surface area contributed by atoms with Crippen molar-refractivity contribution in [1.29, 1.82) is 0 Å². The lowest BCUT2D eigenvalue weighted by Gasteiger charge is -2.39. The maximum Gasteiger partial charge on any atom is 0.435 e. The zero-order valence-corrected chi connectivity index (χ0v) is 12.8. The molecule has 0 spiro atoms. The fraction of sp³-hybridized carbons (Fsp3) is 0.500. The first-order valence-electron chi connectivity index (χ1n) is 6.67. The van der Waals surface area contributed by atoms with E-state index in [1.807, 2.05) is 0 Å². The van der Waals surface area contributed by atoms with Gasteiger partial charge in [0.05, 0.1) is 7.11 Å². The van der Waals surface area contributed by atoms with Crippen LogP contribution < -0.4 is 0 Å². The number of carbonyl (C=O) groups excluding carboxylic acids is 1. The summed E-state index contributed by atoms with van der Waals surface area (Å²) in [6, 6.07) is 6.41. The molecule has 0 N–H and O–H groups in total. The molecule has 0 saturated heterocycles. The van der Waals surface area contributed by atoms with Crippen molar-refractivity contribution in [2.24, 2.45) is 0 Å². The molecule has 0 radical (unpaired) electrons. The summed E-state index contributed by atoms with van der Waals surface area (Å²) in [5, 5.41) is 0. The Labute approximate surface area is 140 Å². The summed E-state index contributed by atoms with van der Waals surface area (Å²) in [5.74, 6) is -1.82. The zero-order valence-electron chi connectivity index (χ0n) is 12.8. The molecule has 3 nitrogen and oxygen atoms in total. The van der Waals surface area contributed by atoms with E-state index in [-0.39, 0.29) is 5.56 Å². The van der Waals surface area contributed by atoms with Crippen LogP contribution in [0, 0.1) is 0 Å². The van der Waals surface area contributed by atoms with E-state index in [0.29, 0.717) is 7.11 Å². The first-order valence-corrected chi connectivity index (χ1v) is 6.67. The average Bonchev–Trinajstić information content (AvgIpc) is 2.47. The van der Waals surface area contributed by atoms with Gasteiger partial charge in [-0.05, 0) is 5.56 Å². The molecule has 26 heavy (non-hydrogen) atoms. The van der Waals surface area contributed by atoms with Crippen LogP contribution in [-0.2, 0) is 20.7 Å². The summed E-state index contributed by atoms with van der Waals surface area (Å²) in [6.07, 6.45) is -24.6. The molecular formula is C14H11F9O3. The summed E-state index contributed by atoms with van der Waals surface area (Å²) in [6.45, 7) is 0. The Morgan fingerprint density at radius 3 is 1.65 bits per heavy atom. The summed E-state index contributed by atoms with van der Waals surface area (Å²) in [4.78, 5) is 11.5. The Morgan fingerprint density at radius 2 is 1.31 bits per heavy atom. The highest BCUT2D eigenvalue weighted by molar-refractivity contribution is 5.75. The monoisotopic (exact) mass is 398 g/mol. The smallest absolute Gasteiger partial charge is 0.435 e. The third-order valence-electron chi connectivity index (χ3n) is 3.24. The highest BCUT2D eigenvalue weighted by atomic mass is 19.4. The van der Waals surface area contributed by atoms with Crippen molar-refractivity contribution < 1.29 is 53.8 Å². The molecule has 1 atom stereocenters. The van der Waals surface area contributed by atoms with Crippen LogP contribution in [0.2, 0.25) is 0 Å². The van der Waals surface area contributed by atoms with Crippen LogP contribution in [0.15, 0.2) is 30.3 Å². The SMILES string of the molecule is COC(=O)[C@@H](Cc1ccccc1)OC(C(F)(F)F)(C(F)(F)F)C(F)(F)F. The molecule has 0 saturated carbocycles. The molecule has 0 amide bonds. The topological polar surface area (TPSA) is 35.5 Å². The molecule has 0 bridgehead atoms. The van der Waals surface area contributed by atoms with Gasteiger partial charge < -0.3 is 9.47 Å². The van der Waals surface area contributed by atoms with E-state index in [1.54, 1.807) is 0 Å². The Kier molecular flexibility index (Phi) is 6.22. The van der Waals surface area contributed by atoms with Crippen molar-refractivity contribution in [1.82, 2.24) is 0 Å². The molecule has 12 heteroatoms. The van der Waals surface area contributed by atoms with Crippen LogP contribution in [0.25, 0.3) is 0 Å². The maximum atomic E-state index is 12.9. The molecule has 0 aliphatic rings. The van der Waals surface area contributed by atoms with E-state index < -0.39 is 42.6 Å². The number of halogens is 9. The highest BCUT2D eigenvalue weighted by Crippen LogP contribution is 2.55. The van der Waals surface area contributed by atoms with Gasteiger partial charge in [-0.2, -0.15) is 39.5 Å². The van der Waals surface area contributed by atoms with E-state index in [0.717, 1.165) is 0 Å². The van der Waals surface area contributed by atoms with E-state index in [2.05, 4.69) is 9.47 Å². The lowest BCUT2D eigenvalue weighted by molar-refractivity contribution is -0.462. The molecule has 0 aliphatic heterocycles. The van der Waals surface area contributed by atoms with Crippen LogP contribution in [0.1, 0.15) is 5.56 Å². The standard InChI is InChI=1S/C14H11F9O3/c1-25-10(24)9(7-8-5-3-2-4-6-8)26-11(12(15,16)17,13(18,19)20)14(21,22)23/h2-6,9H,7H2,1H3/t9-/m1/s1. The maximum absolute atomic E-state index is 12.9. The minimum Gasteiger partial charge on any atom is -0.467 e. The first-order chi connectivity index (χ1) is 11.7. The zero-order chi connectivity index (χ0) is 20.4. The molecule has 0 heterocycles. The van der Waals surface area contributed by atoms with Crippen LogP contribution in [0.4, 0.5) is 39.5 Å². The van der Waals surface area contributed by atoms with Gasteiger partial charge in [-0.3, -0.25) is 0 Å². The molecule has 0 aromatic heterocycles. The van der Waals surface area contributed by atoms with E-state index in [9.17, 15) is 44.3 Å². The van der Waals surface area contributed by atoms with Crippen molar-refractivity contribution in [3.05, 3.63) is 35.9 Å². The number of esters is 1. The normalized spacial score (nSPS) is 14.8. The Balaban J connectivity index is 3.46. The van der Waals surface area contributed by atoms with Crippen molar-refractivity contribution in [3.8, 4) is 0 Å². The van der Waals surface area contributed by atoms with Gasteiger partial charge in [0.25, 0.3) is 0 Å². The third kappa shape index (κ3) is 4.22. The second kappa shape index (κ2) is 7.33. The van der Waals surface area contributed by atoms with Gasteiger partial charge in [0.15, 0.2) is 6.10 Å². The van der Waals surface area contributed by atoms with Gasteiger partial charge in [0.2, 0.25) is 0 Å². The summed E-state index contributed by atoms with van der Waals surface area (Å²) in [5.41, 5.74) is -6.59. The highest BCUT2D eigenvalue weighted by Gasteiger charge is 2.86.